The van der Waals surface area contributed by atoms with Gasteiger partial charge in [-0.05, 0) is 50.8 Å². The maximum Gasteiger partial charge on any atom is 0.338 e. The number of hydrogen-bond donors (Lipinski definition) is 1. The van der Waals surface area contributed by atoms with Crippen LogP contribution in [0.2, 0.25) is 0 Å². The number of benzene rings is 1. The summed E-state index contributed by atoms with van der Waals surface area (Å²) in [4.78, 5) is 42.7. The zero-order valence-electron chi connectivity index (χ0n) is 18.2. The van der Waals surface area contributed by atoms with Crippen LogP contribution in [-0.4, -0.2) is 33.6 Å². The van der Waals surface area contributed by atoms with Crippen molar-refractivity contribution in [3.63, 3.8) is 0 Å². The fourth-order valence-corrected chi connectivity index (χ4v) is 4.57. The summed E-state index contributed by atoms with van der Waals surface area (Å²) in [6.07, 6.45) is 9.53. The molecule has 1 aliphatic carbocycles. The van der Waals surface area contributed by atoms with E-state index in [1.165, 1.54) is 6.42 Å². The van der Waals surface area contributed by atoms with Crippen molar-refractivity contribution in [3.8, 4) is 0 Å². The van der Waals surface area contributed by atoms with Gasteiger partial charge in [0.25, 0.3) is 11.5 Å². The number of aromatic nitrogens is 2. The fourth-order valence-electron chi connectivity index (χ4n) is 4.57. The van der Waals surface area contributed by atoms with E-state index in [2.05, 4.69) is 10.3 Å². The molecular formula is C24H31N3O4. The third-order valence-corrected chi connectivity index (χ3v) is 6.41. The number of carbonyl (C=O) groups is 2. The molecule has 2 aromatic rings. The second kappa shape index (κ2) is 9.62. The molecule has 0 bridgehead atoms. The molecule has 1 amide bonds. The molecule has 31 heavy (non-hydrogen) atoms. The summed E-state index contributed by atoms with van der Waals surface area (Å²) in [5.41, 5.74) is 0.750. The monoisotopic (exact) mass is 425 g/mol. The molecular weight excluding hydrogens is 394 g/mol. The van der Waals surface area contributed by atoms with Gasteiger partial charge in [0.05, 0.1) is 16.5 Å². The molecule has 1 aromatic heterocycles. The van der Waals surface area contributed by atoms with Crippen molar-refractivity contribution >= 4 is 22.8 Å². The summed E-state index contributed by atoms with van der Waals surface area (Å²) in [6, 6.07) is 4.99. The van der Waals surface area contributed by atoms with Crippen LogP contribution in [0.5, 0.6) is 0 Å². The summed E-state index contributed by atoms with van der Waals surface area (Å²) < 4.78 is 7.18. The maximum atomic E-state index is 12.9. The molecule has 2 aliphatic rings. The van der Waals surface area contributed by atoms with Crippen LogP contribution in [0.25, 0.3) is 10.9 Å². The van der Waals surface area contributed by atoms with Crippen molar-refractivity contribution in [1.29, 1.82) is 0 Å². The van der Waals surface area contributed by atoms with Crippen molar-refractivity contribution in [1.82, 2.24) is 14.9 Å². The second-order valence-electron chi connectivity index (χ2n) is 8.77. The number of carbonyl (C=O) groups excluding carboxylic acids is 2. The molecule has 0 saturated heterocycles. The predicted octanol–water partition coefficient (Wildman–Crippen LogP) is 3.51. The predicted molar refractivity (Wildman–Crippen MR) is 118 cm³/mol. The summed E-state index contributed by atoms with van der Waals surface area (Å²) in [7, 11) is 0. The van der Waals surface area contributed by atoms with Gasteiger partial charge in [-0.2, -0.15) is 0 Å². The van der Waals surface area contributed by atoms with E-state index in [0.717, 1.165) is 63.6 Å². The number of fused-ring (bicyclic) bond motifs is 2. The Morgan fingerprint density at radius 1 is 1.10 bits per heavy atom. The second-order valence-corrected chi connectivity index (χ2v) is 8.77. The van der Waals surface area contributed by atoms with Gasteiger partial charge in [-0.25, -0.2) is 9.78 Å². The van der Waals surface area contributed by atoms with Crippen molar-refractivity contribution in [3.05, 3.63) is 39.9 Å². The molecule has 7 heteroatoms. The Kier molecular flexibility index (Phi) is 6.68. The molecule has 1 N–H and O–H groups in total. The largest absolute Gasteiger partial charge is 0.449 e. The van der Waals surface area contributed by atoms with Crippen LogP contribution in [0.15, 0.2) is 23.0 Å². The number of hydrogen-bond acceptors (Lipinski definition) is 5. The minimum absolute atomic E-state index is 0.0537. The molecule has 166 valence electrons. The van der Waals surface area contributed by atoms with Crippen LogP contribution in [-0.2, 0) is 22.5 Å². The molecule has 4 rings (SSSR count). The molecule has 1 atom stereocenters. The molecule has 0 spiro atoms. The van der Waals surface area contributed by atoms with E-state index in [0.29, 0.717) is 23.0 Å². The first-order valence-corrected chi connectivity index (χ1v) is 11.6. The standard InChI is InChI=1S/C24H31N3O4/c1-16(22(28)25-18-9-5-4-6-10-18)31-24(30)17-12-13-19-20(15-17)26-21-11-7-2-3-8-14-27(21)23(19)29/h12-13,15-16,18H,2-11,14H2,1H3,(H,25,28)/t16-/m0/s1. The van der Waals surface area contributed by atoms with E-state index in [9.17, 15) is 14.4 Å². The Labute approximate surface area is 182 Å². The molecule has 1 saturated carbocycles. The van der Waals surface area contributed by atoms with E-state index in [1.54, 1.807) is 29.7 Å². The Bertz CT molecular complexity index is 1020. The number of nitrogens with zero attached hydrogens (tertiary/aromatic N) is 2. The van der Waals surface area contributed by atoms with E-state index in [-0.39, 0.29) is 17.5 Å². The number of nitrogens with one attached hydrogen (secondary N) is 1. The number of ether oxygens (including phenoxy) is 1. The number of aryl methyl sites for hydroxylation is 1. The van der Waals surface area contributed by atoms with Crippen molar-refractivity contribution in [2.45, 2.75) is 89.8 Å². The molecule has 0 radical (unpaired) electrons. The fraction of sp³-hybridized carbons (Fsp3) is 0.583. The minimum atomic E-state index is -0.875. The van der Waals surface area contributed by atoms with Crippen LogP contribution in [0, 0.1) is 0 Å². The van der Waals surface area contributed by atoms with Gasteiger partial charge >= 0.3 is 5.97 Å². The van der Waals surface area contributed by atoms with Gasteiger partial charge in [0.2, 0.25) is 0 Å². The van der Waals surface area contributed by atoms with Gasteiger partial charge in [0.1, 0.15) is 5.82 Å². The average molecular weight is 426 g/mol. The van der Waals surface area contributed by atoms with E-state index < -0.39 is 12.1 Å². The highest BCUT2D eigenvalue weighted by molar-refractivity contribution is 5.95. The number of rotatable bonds is 4. The summed E-state index contributed by atoms with van der Waals surface area (Å²) in [5, 5.41) is 3.49. The van der Waals surface area contributed by atoms with Gasteiger partial charge in [0.15, 0.2) is 6.10 Å². The van der Waals surface area contributed by atoms with Crippen LogP contribution >= 0.6 is 0 Å². The lowest BCUT2D eigenvalue weighted by Crippen LogP contribution is -2.42. The molecule has 2 heterocycles. The van der Waals surface area contributed by atoms with Gasteiger partial charge in [-0.1, -0.05) is 32.1 Å². The molecule has 1 fully saturated rings. The zero-order chi connectivity index (χ0) is 21.8. The lowest BCUT2D eigenvalue weighted by atomic mass is 9.95. The Morgan fingerprint density at radius 2 is 1.84 bits per heavy atom. The SMILES string of the molecule is C[C@H](OC(=O)c1ccc2c(=O)n3c(nc2c1)CCCCCC3)C(=O)NC1CCCCC1. The van der Waals surface area contributed by atoms with Crippen molar-refractivity contribution in [2.75, 3.05) is 0 Å². The lowest BCUT2D eigenvalue weighted by molar-refractivity contribution is -0.130. The summed E-state index contributed by atoms with van der Waals surface area (Å²) >= 11 is 0. The quantitative estimate of drug-likeness (QED) is 0.757. The van der Waals surface area contributed by atoms with E-state index >= 15 is 0 Å². The van der Waals surface area contributed by atoms with E-state index in [4.69, 9.17) is 4.74 Å². The van der Waals surface area contributed by atoms with E-state index in [1.807, 2.05) is 0 Å². The highest BCUT2D eigenvalue weighted by Gasteiger charge is 2.23. The topological polar surface area (TPSA) is 90.3 Å². The normalized spacial score (nSPS) is 18.5. The molecule has 0 unspecified atom stereocenters. The summed E-state index contributed by atoms with van der Waals surface area (Å²) in [5.74, 6) is -0.0661. The first-order chi connectivity index (χ1) is 15.0. The van der Waals surface area contributed by atoms with Crippen molar-refractivity contribution < 1.29 is 14.3 Å². The first kappa shape index (κ1) is 21.5. The van der Waals surface area contributed by atoms with Crippen LogP contribution in [0.1, 0.15) is 80.9 Å². The third-order valence-electron chi connectivity index (χ3n) is 6.41. The Morgan fingerprint density at radius 3 is 2.65 bits per heavy atom. The third kappa shape index (κ3) is 4.97. The van der Waals surface area contributed by atoms with Crippen LogP contribution in [0.4, 0.5) is 0 Å². The van der Waals surface area contributed by atoms with Gasteiger partial charge in [-0.15, -0.1) is 0 Å². The van der Waals surface area contributed by atoms with Crippen LogP contribution < -0.4 is 10.9 Å². The highest BCUT2D eigenvalue weighted by Crippen LogP contribution is 2.19. The lowest BCUT2D eigenvalue weighted by Gasteiger charge is -2.24. The smallest absolute Gasteiger partial charge is 0.338 e. The molecule has 1 aromatic carbocycles. The Hall–Kier alpha value is -2.70. The first-order valence-electron chi connectivity index (χ1n) is 11.6. The Balaban J connectivity index is 1.49. The average Bonchev–Trinajstić information content (AvgIpc) is 2.75. The minimum Gasteiger partial charge on any atom is -0.449 e. The molecule has 1 aliphatic heterocycles. The zero-order valence-corrected chi connectivity index (χ0v) is 18.2. The number of amides is 1. The highest BCUT2D eigenvalue weighted by atomic mass is 16.5. The number of esters is 1. The molecule has 7 nitrogen and oxygen atoms in total. The summed E-state index contributed by atoms with van der Waals surface area (Å²) in [6.45, 7) is 2.28. The van der Waals surface area contributed by atoms with Crippen LogP contribution in [0.3, 0.4) is 0 Å². The maximum absolute atomic E-state index is 12.9. The van der Waals surface area contributed by atoms with Gasteiger partial charge < -0.3 is 10.1 Å². The van der Waals surface area contributed by atoms with Crippen molar-refractivity contribution in [2.24, 2.45) is 0 Å². The van der Waals surface area contributed by atoms with Gasteiger partial charge in [-0.3, -0.25) is 14.2 Å². The van der Waals surface area contributed by atoms with Gasteiger partial charge in [0, 0.05) is 19.0 Å².